The van der Waals surface area contributed by atoms with Gasteiger partial charge in [0, 0.05) is 39.4 Å². The monoisotopic (exact) mass is 784 g/mol. The van der Waals surface area contributed by atoms with Gasteiger partial charge in [0.2, 0.25) is 23.6 Å². The van der Waals surface area contributed by atoms with Crippen molar-refractivity contribution < 1.29 is 28.7 Å². The van der Waals surface area contributed by atoms with Crippen molar-refractivity contribution in [2.75, 3.05) is 34.9 Å². The van der Waals surface area contributed by atoms with Crippen molar-refractivity contribution in [3.8, 4) is 0 Å². The third kappa shape index (κ3) is 12.1. The minimum Gasteiger partial charge on any atom is -0.379 e. The maximum atomic E-state index is 14.3. The first-order chi connectivity index (χ1) is 26.2. The molecule has 1 aliphatic heterocycles. The van der Waals surface area contributed by atoms with Gasteiger partial charge in [-0.25, -0.2) is 4.98 Å². The van der Waals surface area contributed by atoms with Gasteiger partial charge in [-0.15, -0.1) is 11.3 Å². The van der Waals surface area contributed by atoms with Crippen molar-refractivity contribution in [2.45, 2.75) is 129 Å². The number of carbonyl (C=O) groups excluding carboxylic acids is 4. The fraction of sp³-hybridized carbons (Fsp3) is 0.690. The molecule has 0 saturated carbocycles. The van der Waals surface area contributed by atoms with E-state index in [4.69, 9.17) is 9.47 Å². The molecule has 1 aromatic carbocycles. The Hall–Kier alpha value is -3.39. The number of hydrogen-bond donors (Lipinski definition) is 3. The van der Waals surface area contributed by atoms with E-state index in [0.29, 0.717) is 25.8 Å². The molecule has 55 heavy (non-hydrogen) atoms. The van der Waals surface area contributed by atoms with Crippen molar-refractivity contribution in [1.82, 2.24) is 30.7 Å². The van der Waals surface area contributed by atoms with Crippen molar-refractivity contribution in [1.29, 1.82) is 0 Å². The maximum Gasteiger partial charge on any atom is 0.245 e. The number of nitrogens with zero attached hydrogens (tertiary/aromatic N) is 3. The third-order valence-corrected chi connectivity index (χ3v) is 12.5. The average molecular weight is 785 g/mol. The van der Waals surface area contributed by atoms with Crippen LogP contribution in [0.15, 0.2) is 41.9 Å². The topological polar surface area (TPSA) is 142 Å². The van der Waals surface area contributed by atoms with Gasteiger partial charge in [0.15, 0.2) is 0 Å². The van der Waals surface area contributed by atoms with Crippen LogP contribution < -0.4 is 16.0 Å². The summed E-state index contributed by atoms with van der Waals surface area (Å²) in [7, 11) is 6.69. The first kappa shape index (κ1) is 46.0. The molecular formula is C42H68N6O6S. The number of thiazole rings is 1. The van der Waals surface area contributed by atoms with Crippen LogP contribution in [-0.4, -0.2) is 110 Å². The number of likely N-dealkylation sites (N-methyl/N-ethyl adjacent to an activating group) is 2. The Kier molecular flexibility index (Phi) is 18.7. The zero-order valence-corrected chi connectivity index (χ0v) is 35.9. The Morgan fingerprint density at radius 1 is 0.945 bits per heavy atom. The van der Waals surface area contributed by atoms with Crippen molar-refractivity contribution in [3.05, 3.63) is 52.5 Å². The molecule has 3 rings (SSSR count). The Balaban J connectivity index is 1.80. The number of nitrogens with one attached hydrogen (secondary N) is 3. The van der Waals surface area contributed by atoms with Gasteiger partial charge in [-0.05, 0) is 49.6 Å². The Labute approximate surface area is 333 Å². The molecule has 308 valence electrons. The average Bonchev–Trinajstić information content (AvgIpc) is 3.90. The lowest BCUT2D eigenvalue weighted by atomic mass is 9.89. The smallest absolute Gasteiger partial charge is 0.245 e. The van der Waals surface area contributed by atoms with E-state index in [0.717, 1.165) is 23.4 Å². The van der Waals surface area contributed by atoms with Crippen molar-refractivity contribution in [3.63, 3.8) is 0 Å². The van der Waals surface area contributed by atoms with Crippen molar-refractivity contribution in [2.24, 2.45) is 23.7 Å². The van der Waals surface area contributed by atoms with Crippen LogP contribution in [0.4, 0.5) is 0 Å². The molecule has 1 saturated heterocycles. The number of amides is 4. The number of likely N-dealkylation sites (tertiary alicyclic amines) is 1. The van der Waals surface area contributed by atoms with Crippen molar-refractivity contribution >= 4 is 35.0 Å². The molecule has 1 fully saturated rings. The zero-order chi connectivity index (χ0) is 40.8. The molecule has 2 aromatic rings. The van der Waals surface area contributed by atoms with Gasteiger partial charge in [0.25, 0.3) is 0 Å². The number of carbonyl (C=O) groups is 4. The van der Waals surface area contributed by atoms with Gasteiger partial charge in [-0.1, -0.05) is 91.6 Å². The van der Waals surface area contributed by atoms with Crippen LogP contribution in [0.25, 0.3) is 0 Å². The fourth-order valence-corrected chi connectivity index (χ4v) is 8.67. The molecule has 10 atom stereocenters. The summed E-state index contributed by atoms with van der Waals surface area (Å²) in [6.07, 6.45) is 4.19. The van der Waals surface area contributed by atoms with Crippen LogP contribution in [0.3, 0.4) is 0 Å². The summed E-state index contributed by atoms with van der Waals surface area (Å²) >= 11 is 1.51. The minimum absolute atomic E-state index is 0.00723. The largest absolute Gasteiger partial charge is 0.379 e. The second-order valence-electron chi connectivity index (χ2n) is 15.6. The second-order valence-corrected chi connectivity index (χ2v) is 16.5. The number of ether oxygens (including phenoxy) is 2. The van der Waals surface area contributed by atoms with Gasteiger partial charge in [0.1, 0.15) is 11.0 Å². The van der Waals surface area contributed by atoms with Crippen LogP contribution in [-0.2, 0) is 35.1 Å². The number of benzene rings is 1. The molecule has 4 amide bonds. The van der Waals surface area contributed by atoms with E-state index in [1.165, 1.54) is 11.3 Å². The lowest BCUT2D eigenvalue weighted by Gasteiger charge is -2.41. The summed E-state index contributed by atoms with van der Waals surface area (Å²) < 4.78 is 12.1. The Morgan fingerprint density at radius 3 is 2.16 bits per heavy atom. The molecule has 0 radical (unpaired) electrons. The van der Waals surface area contributed by atoms with Crippen LogP contribution in [0.1, 0.15) is 97.2 Å². The quantitative estimate of drug-likeness (QED) is 0.147. The van der Waals surface area contributed by atoms with E-state index in [-0.39, 0.29) is 59.9 Å². The van der Waals surface area contributed by atoms with Crippen LogP contribution in [0.5, 0.6) is 0 Å². The third-order valence-electron chi connectivity index (χ3n) is 11.6. The van der Waals surface area contributed by atoms with E-state index in [2.05, 4.69) is 34.8 Å². The highest BCUT2D eigenvalue weighted by molar-refractivity contribution is 7.09. The van der Waals surface area contributed by atoms with E-state index in [1.807, 2.05) is 75.2 Å². The SMILES string of the molecule is CCC(C)[C@@H]([C@@H](CC(=O)N1CCC[C@H]1C(OC)C(C)C(=O)N[C@@H](Cc1ccccc1)c1nccs1)OC)N(C)C(=O)[C@@H](NC(=O)C(NC)C(C)C)[C@H](C)CC. The van der Waals surface area contributed by atoms with Gasteiger partial charge < -0.3 is 35.2 Å². The van der Waals surface area contributed by atoms with E-state index >= 15 is 0 Å². The molecule has 12 nitrogen and oxygen atoms in total. The summed E-state index contributed by atoms with van der Waals surface area (Å²) in [5, 5.41) is 12.1. The van der Waals surface area contributed by atoms with E-state index in [9.17, 15) is 19.2 Å². The maximum absolute atomic E-state index is 14.3. The lowest BCUT2D eigenvalue weighted by Crippen LogP contribution is -2.60. The summed E-state index contributed by atoms with van der Waals surface area (Å²) in [6, 6.07) is 7.79. The summed E-state index contributed by atoms with van der Waals surface area (Å²) in [4.78, 5) is 63.9. The molecule has 1 aliphatic rings. The predicted molar refractivity (Wildman–Crippen MR) is 218 cm³/mol. The summed E-state index contributed by atoms with van der Waals surface area (Å²) in [5.41, 5.74) is 1.09. The van der Waals surface area contributed by atoms with Crippen LogP contribution in [0, 0.1) is 23.7 Å². The first-order valence-electron chi connectivity index (χ1n) is 20.1. The van der Waals surface area contributed by atoms with Crippen LogP contribution >= 0.6 is 11.3 Å². The highest BCUT2D eigenvalue weighted by atomic mass is 32.1. The molecule has 1 aromatic heterocycles. The Bertz CT molecular complexity index is 1480. The summed E-state index contributed by atoms with van der Waals surface area (Å²) in [5.74, 6) is -1.33. The predicted octanol–water partition coefficient (Wildman–Crippen LogP) is 5.24. The fourth-order valence-electron chi connectivity index (χ4n) is 7.98. The normalized spacial score (nSPS) is 19.4. The van der Waals surface area contributed by atoms with E-state index in [1.54, 1.807) is 39.4 Å². The lowest BCUT2D eigenvalue weighted by molar-refractivity contribution is -0.148. The Morgan fingerprint density at radius 2 is 1.62 bits per heavy atom. The zero-order valence-electron chi connectivity index (χ0n) is 35.0. The highest BCUT2D eigenvalue weighted by Gasteiger charge is 2.43. The van der Waals surface area contributed by atoms with Crippen LogP contribution in [0.2, 0.25) is 0 Å². The molecule has 3 N–H and O–H groups in total. The number of rotatable bonds is 22. The van der Waals surface area contributed by atoms with Gasteiger partial charge in [-0.2, -0.15) is 0 Å². The molecule has 0 bridgehead atoms. The molecule has 4 unspecified atom stereocenters. The number of methoxy groups -OCH3 is 2. The minimum atomic E-state index is -0.738. The van der Waals surface area contributed by atoms with Gasteiger partial charge in [-0.3, -0.25) is 19.2 Å². The standard InChI is InChI=1S/C42H68N6O6S/c1-12-27(5)36(46-40(51)35(43-8)26(3)4)42(52)47(9)37(28(6)13-2)33(53-10)25-34(49)48-22-17-20-32(48)38(54-11)29(7)39(50)45-31(41-44-21-23-55-41)24-30-18-15-14-16-19-30/h14-16,18-19,21,23,26-29,31-33,35-38,43H,12-13,17,20,22,24-25H2,1-11H3,(H,45,50)(H,46,51)/t27-,28?,29?,31+,32+,33-,35?,36+,37+,38?/m1/s1. The molecule has 13 heteroatoms. The van der Waals surface area contributed by atoms with Gasteiger partial charge >= 0.3 is 0 Å². The number of aromatic nitrogens is 1. The second kappa shape index (κ2) is 22.4. The molecule has 2 heterocycles. The highest BCUT2D eigenvalue weighted by Crippen LogP contribution is 2.30. The van der Waals surface area contributed by atoms with E-state index < -0.39 is 36.3 Å². The number of hydrogen-bond acceptors (Lipinski definition) is 9. The molecular weight excluding hydrogens is 717 g/mol. The van der Waals surface area contributed by atoms with Gasteiger partial charge in [0.05, 0.1) is 48.7 Å². The summed E-state index contributed by atoms with van der Waals surface area (Å²) in [6.45, 7) is 14.4. The molecule has 0 spiro atoms. The molecule has 0 aliphatic carbocycles. The first-order valence-corrected chi connectivity index (χ1v) is 20.9.